The van der Waals surface area contributed by atoms with Crippen molar-refractivity contribution in [3.05, 3.63) is 48.6 Å². The fourth-order valence-electron chi connectivity index (χ4n) is 9.91. The molecule has 1 atom stereocenters. The Morgan fingerprint density at radius 3 is 0.813 bits per heavy atom. The highest BCUT2D eigenvalue weighted by Crippen LogP contribution is 2.18. The van der Waals surface area contributed by atoms with E-state index in [4.69, 9.17) is 14.2 Å². The summed E-state index contributed by atoms with van der Waals surface area (Å²) in [6, 6.07) is 0. The van der Waals surface area contributed by atoms with E-state index >= 15 is 0 Å². The molecule has 0 heterocycles. The highest BCUT2D eigenvalue weighted by atomic mass is 16.6. The molecular formula is C69H126O6. The van der Waals surface area contributed by atoms with E-state index in [1.165, 1.54) is 218 Å². The van der Waals surface area contributed by atoms with Gasteiger partial charge in [-0.2, -0.15) is 0 Å². The van der Waals surface area contributed by atoms with E-state index in [1.807, 2.05) is 0 Å². The van der Waals surface area contributed by atoms with Gasteiger partial charge in [0.2, 0.25) is 0 Å². The van der Waals surface area contributed by atoms with E-state index in [9.17, 15) is 14.4 Å². The molecule has 0 rings (SSSR count). The third kappa shape index (κ3) is 62.1. The maximum absolute atomic E-state index is 12.8. The molecule has 0 aliphatic heterocycles. The molecule has 1 unspecified atom stereocenters. The van der Waals surface area contributed by atoms with Crippen molar-refractivity contribution in [2.45, 2.75) is 361 Å². The van der Waals surface area contributed by atoms with Crippen LogP contribution in [-0.2, 0) is 28.6 Å². The molecule has 0 aromatic carbocycles. The minimum Gasteiger partial charge on any atom is -0.462 e. The maximum Gasteiger partial charge on any atom is 0.306 e. The molecular weight excluding hydrogens is 925 g/mol. The zero-order valence-electron chi connectivity index (χ0n) is 50.3. The summed E-state index contributed by atoms with van der Waals surface area (Å²) in [5.74, 6) is -0.894. The molecule has 6 nitrogen and oxygen atoms in total. The molecule has 0 N–H and O–H groups in total. The van der Waals surface area contributed by atoms with E-state index in [0.29, 0.717) is 19.3 Å². The molecule has 0 saturated carbocycles. The Balaban J connectivity index is 3.97. The fourth-order valence-corrected chi connectivity index (χ4v) is 9.91. The Morgan fingerprint density at radius 2 is 0.520 bits per heavy atom. The van der Waals surface area contributed by atoms with Crippen molar-refractivity contribution >= 4 is 17.9 Å². The molecule has 438 valence electrons. The van der Waals surface area contributed by atoms with Crippen LogP contribution >= 0.6 is 0 Å². The third-order valence-electron chi connectivity index (χ3n) is 14.8. The normalized spacial score (nSPS) is 12.3. The molecule has 0 bridgehead atoms. The highest BCUT2D eigenvalue weighted by Gasteiger charge is 2.19. The Kier molecular flexibility index (Phi) is 61.7. The Morgan fingerprint density at radius 1 is 0.280 bits per heavy atom. The van der Waals surface area contributed by atoms with Crippen LogP contribution in [0.2, 0.25) is 0 Å². The monoisotopic (exact) mass is 1050 g/mol. The van der Waals surface area contributed by atoms with Gasteiger partial charge in [-0.15, -0.1) is 0 Å². The van der Waals surface area contributed by atoms with Gasteiger partial charge in [0.25, 0.3) is 0 Å². The van der Waals surface area contributed by atoms with Crippen molar-refractivity contribution in [2.75, 3.05) is 13.2 Å². The molecule has 0 fully saturated rings. The number of esters is 3. The van der Waals surface area contributed by atoms with Gasteiger partial charge in [0.15, 0.2) is 6.10 Å². The summed E-state index contributed by atoms with van der Waals surface area (Å²) >= 11 is 0. The van der Waals surface area contributed by atoms with Crippen LogP contribution in [0.4, 0.5) is 0 Å². The molecule has 0 amide bonds. The Labute approximate surface area is 467 Å². The SMILES string of the molecule is CC/C=C\C/C=C\C/C=C\C/C=C\CCCCCCC(=O)OC(COC(=O)CCCCCCCCC)COC(=O)CCCCCCCCCCCCCCCCCCCCCCCCCCCCCCCCCCC. The van der Waals surface area contributed by atoms with Crippen molar-refractivity contribution in [3.63, 3.8) is 0 Å². The number of allylic oxidation sites excluding steroid dienone is 8. The van der Waals surface area contributed by atoms with Crippen molar-refractivity contribution in [1.29, 1.82) is 0 Å². The largest absolute Gasteiger partial charge is 0.462 e. The number of unbranched alkanes of at least 4 members (excludes halogenated alkanes) is 42. The molecule has 75 heavy (non-hydrogen) atoms. The van der Waals surface area contributed by atoms with Crippen LogP contribution in [0, 0.1) is 0 Å². The average molecular weight is 1050 g/mol. The summed E-state index contributed by atoms with van der Waals surface area (Å²) in [7, 11) is 0. The van der Waals surface area contributed by atoms with Gasteiger partial charge in [-0.3, -0.25) is 14.4 Å². The lowest BCUT2D eigenvalue weighted by molar-refractivity contribution is -0.167. The lowest BCUT2D eigenvalue weighted by Gasteiger charge is -2.18. The van der Waals surface area contributed by atoms with Crippen molar-refractivity contribution in [1.82, 2.24) is 0 Å². The van der Waals surface area contributed by atoms with Gasteiger partial charge in [-0.05, 0) is 57.8 Å². The van der Waals surface area contributed by atoms with E-state index < -0.39 is 6.10 Å². The van der Waals surface area contributed by atoms with Crippen LogP contribution in [0.5, 0.6) is 0 Å². The highest BCUT2D eigenvalue weighted by molar-refractivity contribution is 5.71. The zero-order valence-corrected chi connectivity index (χ0v) is 50.3. The molecule has 0 aliphatic rings. The first-order chi connectivity index (χ1) is 37.0. The average Bonchev–Trinajstić information content (AvgIpc) is 3.41. The summed E-state index contributed by atoms with van der Waals surface area (Å²) in [5, 5.41) is 0. The van der Waals surface area contributed by atoms with Crippen LogP contribution in [0.15, 0.2) is 48.6 Å². The number of hydrogen-bond donors (Lipinski definition) is 0. The first-order valence-electron chi connectivity index (χ1n) is 33.1. The van der Waals surface area contributed by atoms with E-state index in [-0.39, 0.29) is 31.1 Å². The van der Waals surface area contributed by atoms with Crippen LogP contribution in [0.25, 0.3) is 0 Å². The standard InChI is InChI=1S/C69H126O6/c1-4-7-10-13-16-18-20-22-24-26-27-28-29-30-31-32-33-34-35-36-37-38-39-40-41-43-44-46-48-50-53-56-59-62-68(71)74-65-66(64-73-67(70)61-58-55-52-15-12-9-6-3)75-69(72)63-60-57-54-51-49-47-45-42-25-23-21-19-17-14-11-8-5-2/h8,11,17,19,23,25,45,47,66H,4-7,9-10,12-16,18,20-22,24,26-44,46,48-65H2,1-3H3/b11-8-,19-17-,25-23-,47-45-. The number of ether oxygens (including phenoxy) is 3. The summed E-state index contributed by atoms with van der Waals surface area (Å²) in [4.78, 5) is 38.0. The fraction of sp³-hybridized carbons (Fsp3) is 0.841. The number of carbonyl (C=O) groups excluding carboxylic acids is 3. The zero-order chi connectivity index (χ0) is 54.3. The third-order valence-corrected chi connectivity index (χ3v) is 14.8. The summed E-state index contributed by atoms with van der Waals surface area (Å²) in [5.41, 5.74) is 0. The van der Waals surface area contributed by atoms with Crippen molar-refractivity contribution in [2.24, 2.45) is 0 Å². The minimum absolute atomic E-state index is 0.0796. The number of hydrogen-bond acceptors (Lipinski definition) is 6. The second-order valence-electron chi connectivity index (χ2n) is 22.4. The molecule has 0 saturated heterocycles. The minimum atomic E-state index is -0.782. The van der Waals surface area contributed by atoms with Crippen molar-refractivity contribution < 1.29 is 28.6 Å². The first kappa shape index (κ1) is 72.4. The molecule has 0 radical (unpaired) electrons. The van der Waals surface area contributed by atoms with E-state index in [0.717, 1.165) is 96.3 Å². The molecule has 0 aromatic heterocycles. The van der Waals surface area contributed by atoms with Gasteiger partial charge in [0, 0.05) is 19.3 Å². The summed E-state index contributed by atoms with van der Waals surface area (Å²) in [6.45, 7) is 6.51. The van der Waals surface area contributed by atoms with Gasteiger partial charge in [-0.25, -0.2) is 0 Å². The summed E-state index contributed by atoms with van der Waals surface area (Å²) in [6.07, 6.45) is 80.4. The lowest BCUT2D eigenvalue weighted by atomic mass is 10.0. The molecule has 0 aliphatic carbocycles. The first-order valence-corrected chi connectivity index (χ1v) is 33.1. The quantitative estimate of drug-likeness (QED) is 0.0261. The van der Waals surface area contributed by atoms with Gasteiger partial charge in [-0.1, -0.05) is 326 Å². The van der Waals surface area contributed by atoms with Gasteiger partial charge in [0.1, 0.15) is 13.2 Å². The van der Waals surface area contributed by atoms with Crippen LogP contribution < -0.4 is 0 Å². The Bertz CT molecular complexity index is 1300. The van der Waals surface area contributed by atoms with Gasteiger partial charge in [0.05, 0.1) is 0 Å². The lowest BCUT2D eigenvalue weighted by Crippen LogP contribution is -2.30. The van der Waals surface area contributed by atoms with Crippen LogP contribution in [-0.4, -0.2) is 37.2 Å². The van der Waals surface area contributed by atoms with E-state index in [1.54, 1.807) is 0 Å². The van der Waals surface area contributed by atoms with Gasteiger partial charge >= 0.3 is 17.9 Å². The number of rotatable bonds is 61. The second kappa shape index (κ2) is 63.9. The van der Waals surface area contributed by atoms with E-state index in [2.05, 4.69) is 69.4 Å². The number of carbonyl (C=O) groups is 3. The maximum atomic E-state index is 12.8. The second-order valence-corrected chi connectivity index (χ2v) is 22.4. The smallest absolute Gasteiger partial charge is 0.306 e. The molecule has 0 spiro atoms. The summed E-state index contributed by atoms with van der Waals surface area (Å²) < 4.78 is 16.8. The Hall–Kier alpha value is -2.63. The molecule has 6 heteroatoms. The van der Waals surface area contributed by atoms with Gasteiger partial charge < -0.3 is 14.2 Å². The van der Waals surface area contributed by atoms with Crippen molar-refractivity contribution in [3.8, 4) is 0 Å². The molecule has 0 aromatic rings. The topological polar surface area (TPSA) is 78.9 Å². The predicted octanol–water partition coefficient (Wildman–Crippen LogP) is 22.6. The van der Waals surface area contributed by atoms with Crippen LogP contribution in [0.1, 0.15) is 355 Å². The van der Waals surface area contributed by atoms with Crippen LogP contribution in [0.3, 0.4) is 0 Å². The predicted molar refractivity (Wildman–Crippen MR) is 325 cm³/mol.